The summed E-state index contributed by atoms with van der Waals surface area (Å²) in [5.41, 5.74) is 1.91. The first kappa shape index (κ1) is 11.7. The van der Waals surface area contributed by atoms with Gasteiger partial charge in [0.2, 0.25) is 0 Å². The van der Waals surface area contributed by atoms with Gasteiger partial charge < -0.3 is 9.73 Å². The summed E-state index contributed by atoms with van der Waals surface area (Å²) in [4.78, 5) is 0.325. The molecule has 1 aromatic heterocycles. The van der Waals surface area contributed by atoms with E-state index in [4.69, 9.17) is 4.42 Å². The molecule has 0 saturated heterocycles. The summed E-state index contributed by atoms with van der Waals surface area (Å²) in [6.07, 6.45) is 4.47. The maximum absolute atomic E-state index is 11.3. The van der Waals surface area contributed by atoms with Crippen molar-refractivity contribution in [3.05, 3.63) is 48.4 Å². The summed E-state index contributed by atoms with van der Waals surface area (Å²) < 4.78 is 27.5. The highest BCUT2D eigenvalue weighted by Gasteiger charge is 2.05. The van der Waals surface area contributed by atoms with Crippen molar-refractivity contribution >= 4 is 15.5 Å². The molecule has 0 aliphatic rings. The molecule has 0 spiro atoms. The molecule has 0 bridgehead atoms. The van der Waals surface area contributed by atoms with Crippen LogP contribution in [0.15, 0.2) is 52.2 Å². The molecule has 2 rings (SSSR count). The van der Waals surface area contributed by atoms with Crippen LogP contribution in [-0.2, 0) is 16.4 Å². The van der Waals surface area contributed by atoms with Crippen molar-refractivity contribution in [2.24, 2.45) is 0 Å². The maximum atomic E-state index is 11.3. The molecule has 0 radical (unpaired) electrons. The van der Waals surface area contributed by atoms with Crippen molar-refractivity contribution in [1.82, 2.24) is 0 Å². The minimum Gasteiger partial charge on any atom is -0.472 e. The molecule has 1 aromatic carbocycles. The lowest BCUT2D eigenvalue weighted by Gasteiger charge is -2.05. The van der Waals surface area contributed by atoms with Crippen LogP contribution in [0.2, 0.25) is 0 Å². The molecule has 2 aromatic rings. The van der Waals surface area contributed by atoms with Crippen LogP contribution in [0.5, 0.6) is 0 Å². The molecule has 1 N–H and O–H groups in total. The second-order valence-corrected chi connectivity index (χ2v) is 5.80. The van der Waals surface area contributed by atoms with Gasteiger partial charge in [0.15, 0.2) is 9.84 Å². The van der Waals surface area contributed by atoms with Gasteiger partial charge >= 0.3 is 0 Å². The van der Waals surface area contributed by atoms with Crippen LogP contribution in [0, 0.1) is 0 Å². The van der Waals surface area contributed by atoms with Crippen molar-refractivity contribution in [2.75, 3.05) is 11.6 Å². The zero-order valence-electron chi connectivity index (χ0n) is 9.38. The van der Waals surface area contributed by atoms with E-state index in [1.807, 2.05) is 6.07 Å². The summed E-state index contributed by atoms with van der Waals surface area (Å²) >= 11 is 0. The fourth-order valence-corrected chi connectivity index (χ4v) is 2.05. The smallest absolute Gasteiger partial charge is 0.175 e. The van der Waals surface area contributed by atoms with E-state index in [9.17, 15) is 8.42 Å². The first-order valence-corrected chi connectivity index (χ1v) is 7.00. The Hall–Kier alpha value is -1.75. The predicted molar refractivity (Wildman–Crippen MR) is 65.6 cm³/mol. The second kappa shape index (κ2) is 4.63. The molecular weight excluding hydrogens is 238 g/mol. The first-order chi connectivity index (χ1) is 8.05. The third-order valence-electron chi connectivity index (χ3n) is 2.36. The lowest BCUT2D eigenvalue weighted by Crippen LogP contribution is -2.00. The molecule has 0 saturated carbocycles. The molecule has 0 amide bonds. The van der Waals surface area contributed by atoms with E-state index in [2.05, 4.69) is 5.32 Å². The third kappa shape index (κ3) is 3.10. The van der Waals surface area contributed by atoms with Gasteiger partial charge in [0.1, 0.15) is 0 Å². The van der Waals surface area contributed by atoms with Crippen LogP contribution in [0.1, 0.15) is 5.56 Å². The lowest BCUT2D eigenvalue weighted by atomic mass is 10.3. The average molecular weight is 251 g/mol. The largest absolute Gasteiger partial charge is 0.472 e. The van der Waals surface area contributed by atoms with E-state index in [0.717, 1.165) is 11.3 Å². The Kier molecular flexibility index (Phi) is 3.19. The number of nitrogens with one attached hydrogen (secondary N) is 1. The number of rotatable bonds is 4. The van der Waals surface area contributed by atoms with Crippen LogP contribution in [-0.4, -0.2) is 14.7 Å². The van der Waals surface area contributed by atoms with Gasteiger partial charge in [0, 0.05) is 24.1 Å². The Morgan fingerprint density at radius 3 is 2.41 bits per heavy atom. The number of benzene rings is 1. The number of anilines is 1. The van der Waals surface area contributed by atoms with Crippen LogP contribution in [0.4, 0.5) is 5.69 Å². The van der Waals surface area contributed by atoms with Crippen LogP contribution >= 0.6 is 0 Å². The van der Waals surface area contributed by atoms with Gasteiger partial charge in [-0.1, -0.05) is 0 Å². The maximum Gasteiger partial charge on any atom is 0.175 e. The summed E-state index contributed by atoms with van der Waals surface area (Å²) in [5, 5.41) is 3.17. The first-order valence-electron chi connectivity index (χ1n) is 5.11. The van der Waals surface area contributed by atoms with Crippen LogP contribution < -0.4 is 5.32 Å². The van der Waals surface area contributed by atoms with Crippen LogP contribution in [0.3, 0.4) is 0 Å². The van der Waals surface area contributed by atoms with E-state index in [0.29, 0.717) is 11.4 Å². The summed E-state index contributed by atoms with van der Waals surface area (Å²) in [7, 11) is -3.12. The fourth-order valence-electron chi connectivity index (χ4n) is 1.42. The highest BCUT2D eigenvalue weighted by atomic mass is 32.2. The zero-order chi connectivity index (χ0) is 12.3. The SMILES string of the molecule is CS(=O)(=O)c1ccc(NCc2ccoc2)cc1. The topological polar surface area (TPSA) is 59.3 Å². The van der Waals surface area contributed by atoms with E-state index in [-0.39, 0.29) is 0 Å². The van der Waals surface area contributed by atoms with E-state index < -0.39 is 9.84 Å². The van der Waals surface area contributed by atoms with E-state index in [1.54, 1.807) is 36.8 Å². The second-order valence-electron chi connectivity index (χ2n) is 3.78. The highest BCUT2D eigenvalue weighted by Crippen LogP contribution is 2.14. The fraction of sp³-hybridized carbons (Fsp3) is 0.167. The van der Waals surface area contributed by atoms with Crippen molar-refractivity contribution in [1.29, 1.82) is 0 Å². The molecule has 0 unspecified atom stereocenters. The van der Waals surface area contributed by atoms with Crippen molar-refractivity contribution in [3.63, 3.8) is 0 Å². The van der Waals surface area contributed by atoms with Gasteiger partial charge in [-0.2, -0.15) is 0 Å². The molecule has 4 nitrogen and oxygen atoms in total. The van der Waals surface area contributed by atoms with Gasteiger partial charge in [-0.15, -0.1) is 0 Å². The monoisotopic (exact) mass is 251 g/mol. The molecule has 0 aliphatic carbocycles. The van der Waals surface area contributed by atoms with Gasteiger partial charge in [0.05, 0.1) is 17.4 Å². The summed E-state index contributed by atoms with van der Waals surface area (Å²) in [6, 6.07) is 8.55. The molecule has 0 fully saturated rings. The Labute approximate surface area is 100 Å². The lowest BCUT2D eigenvalue weighted by molar-refractivity contribution is 0.564. The Morgan fingerprint density at radius 2 is 1.88 bits per heavy atom. The number of furan rings is 1. The van der Waals surface area contributed by atoms with E-state index >= 15 is 0 Å². The van der Waals surface area contributed by atoms with Gasteiger partial charge in [-0.05, 0) is 30.3 Å². The average Bonchev–Trinajstić information content (AvgIpc) is 2.78. The molecule has 90 valence electrons. The van der Waals surface area contributed by atoms with Crippen molar-refractivity contribution in [2.45, 2.75) is 11.4 Å². The molecular formula is C12H13NO3S. The van der Waals surface area contributed by atoms with E-state index in [1.165, 1.54) is 6.26 Å². The summed E-state index contributed by atoms with van der Waals surface area (Å²) in [5.74, 6) is 0. The number of hydrogen-bond acceptors (Lipinski definition) is 4. The quantitative estimate of drug-likeness (QED) is 0.905. The molecule has 5 heteroatoms. The highest BCUT2D eigenvalue weighted by molar-refractivity contribution is 7.90. The molecule has 0 aliphatic heterocycles. The molecule has 17 heavy (non-hydrogen) atoms. The number of hydrogen-bond donors (Lipinski definition) is 1. The Balaban J connectivity index is 2.04. The minimum absolute atomic E-state index is 0.325. The van der Waals surface area contributed by atoms with Crippen molar-refractivity contribution in [3.8, 4) is 0 Å². The van der Waals surface area contributed by atoms with Crippen molar-refractivity contribution < 1.29 is 12.8 Å². The zero-order valence-corrected chi connectivity index (χ0v) is 10.2. The Bertz CT molecular complexity index is 571. The predicted octanol–water partition coefficient (Wildman–Crippen LogP) is 2.30. The van der Waals surface area contributed by atoms with Crippen LogP contribution in [0.25, 0.3) is 0 Å². The molecule has 1 heterocycles. The minimum atomic E-state index is -3.12. The number of sulfone groups is 1. The summed E-state index contributed by atoms with van der Waals surface area (Å²) in [6.45, 7) is 0.648. The van der Waals surface area contributed by atoms with Gasteiger partial charge in [0.25, 0.3) is 0 Å². The molecule has 0 atom stereocenters. The van der Waals surface area contributed by atoms with Gasteiger partial charge in [-0.25, -0.2) is 8.42 Å². The third-order valence-corrected chi connectivity index (χ3v) is 3.49. The normalized spacial score (nSPS) is 11.4. The van der Waals surface area contributed by atoms with Gasteiger partial charge in [-0.3, -0.25) is 0 Å². The Morgan fingerprint density at radius 1 is 1.18 bits per heavy atom. The standard InChI is InChI=1S/C12H13NO3S/c1-17(14,15)12-4-2-11(3-5-12)13-8-10-6-7-16-9-10/h2-7,9,13H,8H2,1H3.